The second-order valence-corrected chi connectivity index (χ2v) is 6.11. The first-order chi connectivity index (χ1) is 13.5. The Morgan fingerprint density at radius 2 is 1.82 bits per heavy atom. The molecule has 3 aromatic rings. The van der Waals surface area contributed by atoms with Crippen molar-refractivity contribution in [1.82, 2.24) is 9.99 Å². The zero-order valence-corrected chi connectivity index (χ0v) is 15.3. The van der Waals surface area contributed by atoms with Gasteiger partial charge in [-0.3, -0.25) is 4.79 Å². The van der Waals surface area contributed by atoms with Crippen LogP contribution < -0.4 is 15.3 Å². The van der Waals surface area contributed by atoms with E-state index in [4.69, 9.17) is 16.3 Å². The fourth-order valence-electron chi connectivity index (χ4n) is 2.37. The number of carboxylic acid groups (broad SMARTS) is 1. The Labute approximate surface area is 165 Å². The number of rotatable bonds is 7. The standard InChI is InChI=1S/C20H16ClN3O4/c21-15-5-9-18(10-6-15)28-13-19(25)23-22-12-17-2-1-11-24(17)16-7-3-14(4-8-16)20(26)27/h1-12H,13H2,(H,23,25)(H,26,27)/p-1/b22-12-. The summed E-state index contributed by atoms with van der Waals surface area (Å²) >= 11 is 5.79. The molecule has 0 unspecified atom stereocenters. The Morgan fingerprint density at radius 1 is 1.11 bits per heavy atom. The van der Waals surface area contributed by atoms with Gasteiger partial charge in [-0.1, -0.05) is 23.7 Å². The Morgan fingerprint density at radius 3 is 2.50 bits per heavy atom. The van der Waals surface area contributed by atoms with E-state index < -0.39 is 11.9 Å². The SMILES string of the molecule is O=C(COc1ccc(Cl)cc1)N/N=C\c1cccn1-c1ccc(C(=O)[O-])cc1. The number of benzene rings is 2. The Balaban J connectivity index is 1.57. The average molecular weight is 397 g/mol. The molecule has 8 heteroatoms. The lowest BCUT2D eigenvalue weighted by molar-refractivity contribution is -0.255. The fourth-order valence-corrected chi connectivity index (χ4v) is 2.50. The quantitative estimate of drug-likeness (QED) is 0.488. The lowest BCUT2D eigenvalue weighted by Gasteiger charge is -2.08. The van der Waals surface area contributed by atoms with Gasteiger partial charge in [-0.05, 0) is 54.1 Å². The first-order valence-electron chi connectivity index (χ1n) is 8.22. The second-order valence-electron chi connectivity index (χ2n) is 5.67. The van der Waals surface area contributed by atoms with Crippen molar-refractivity contribution in [2.24, 2.45) is 5.10 Å². The summed E-state index contributed by atoms with van der Waals surface area (Å²) in [5.41, 5.74) is 3.92. The molecule has 0 aliphatic carbocycles. The van der Waals surface area contributed by atoms with E-state index >= 15 is 0 Å². The summed E-state index contributed by atoms with van der Waals surface area (Å²) < 4.78 is 7.12. The smallest absolute Gasteiger partial charge is 0.277 e. The minimum Gasteiger partial charge on any atom is -0.545 e. The average Bonchev–Trinajstić information content (AvgIpc) is 3.16. The highest BCUT2D eigenvalue weighted by Crippen LogP contribution is 2.15. The van der Waals surface area contributed by atoms with Gasteiger partial charge in [0.25, 0.3) is 5.91 Å². The number of nitrogens with one attached hydrogen (secondary N) is 1. The lowest BCUT2D eigenvalue weighted by Crippen LogP contribution is -2.24. The van der Waals surface area contributed by atoms with E-state index in [1.165, 1.54) is 18.3 Å². The number of aromatic carboxylic acids is 1. The number of carbonyl (C=O) groups excluding carboxylic acids is 2. The van der Waals surface area contributed by atoms with Crippen LogP contribution >= 0.6 is 11.6 Å². The number of carbonyl (C=O) groups is 2. The van der Waals surface area contributed by atoms with Gasteiger partial charge in [-0.2, -0.15) is 5.10 Å². The number of carboxylic acids is 1. The van der Waals surface area contributed by atoms with Crippen molar-refractivity contribution in [3.8, 4) is 11.4 Å². The van der Waals surface area contributed by atoms with Gasteiger partial charge in [0.05, 0.1) is 17.9 Å². The van der Waals surface area contributed by atoms with Crippen LogP contribution in [0.1, 0.15) is 16.1 Å². The summed E-state index contributed by atoms with van der Waals surface area (Å²) in [6.45, 7) is -0.190. The topological polar surface area (TPSA) is 95.8 Å². The third-order valence-corrected chi connectivity index (χ3v) is 3.98. The van der Waals surface area contributed by atoms with E-state index in [2.05, 4.69) is 10.5 Å². The van der Waals surface area contributed by atoms with Gasteiger partial charge >= 0.3 is 0 Å². The molecule has 1 amide bonds. The van der Waals surface area contributed by atoms with Gasteiger partial charge in [-0.25, -0.2) is 5.43 Å². The number of hydrazone groups is 1. The maximum Gasteiger partial charge on any atom is 0.277 e. The summed E-state index contributed by atoms with van der Waals surface area (Å²) in [4.78, 5) is 22.7. The van der Waals surface area contributed by atoms with Crippen LogP contribution in [0.25, 0.3) is 5.69 Å². The summed E-state index contributed by atoms with van der Waals surface area (Å²) in [7, 11) is 0. The van der Waals surface area contributed by atoms with E-state index in [1.807, 2.05) is 0 Å². The third-order valence-electron chi connectivity index (χ3n) is 3.73. The zero-order chi connectivity index (χ0) is 19.9. The molecule has 0 saturated carbocycles. The first kappa shape index (κ1) is 19.2. The summed E-state index contributed by atoms with van der Waals surface area (Å²) in [5.74, 6) is -1.12. The number of aromatic nitrogens is 1. The predicted molar refractivity (Wildman–Crippen MR) is 103 cm³/mol. The van der Waals surface area contributed by atoms with E-state index in [-0.39, 0.29) is 12.2 Å². The molecular weight excluding hydrogens is 382 g/mol. The number of ether oxygens (including phenoxy) is 1. The largest absolute Gasteiger partial charge is 0.545 e. The third kappa shape index (κ3) is 4.99. The highest BCUT2D eigenvalue weighted by molar-refractivity contribution is 6.30. The number of nitrogens with zero attached hydrogens (tertiary/aromatic N) is 2. The molecule has 0 atom stereocenters. The molecule has 7 nitrogen and oxygen atoms in total. The Hall–Kier alpha value is -3.58. The van der Waals surface area contributed by atoms with Crippen LogP contribution in [0.3, 0.4) is 0 Å². The van der Waals surface area contributed by atoms with Crippen LogP contribution in [-0.4, -0.2) is 29.3 Å². The van der Waals surface area contributed by atoms with Crippen LogP contribution in [0.2, 0.25) is 5.02 Å². The molecule has 1 aromatic heterocycles. The van der Waals surface area contributed by atoms with Crippen LogP contribution in [0.15, 0.2) is 72.0 Å². The van der Waals surface area contributed by atoms with Crippen LogP contribution in [0.5, 0.6) is 5.75 Å². The van der Waals surface area contributed by atoms with Gasteiger partial charge in [0, 0.05) is 16.9 Å². The predicted octanol–water partition coefficient (Wildman–Crippen LogP) is 2.02. The van der Waals surface area contributed by atoms with Crippen molar-refractivity contribution in [2.75, 3.05) is 6.61 Å². The zero-order valence-electron chi connectivity index (χ0n) is 14.5. The molecule has 0 radical (unpaired) electrons. The van der Waals surface area contributed by atoms with E-state index in [1.54, 1.807) is 59.3 Å². The number of amides is 1. The molecule has 28 heavy (non-hydrogen) atoms. The van der Waals surface area contributed by atoms with Crippen molar-refractivity contribution in [3.63, 3.8) is 0 Å². The highest BCUT2D eigenvalue weighted by Gasteiger charge is 2.04. The van der Waals surface area contributed by atoms with Crippen LogP contribution in [0.4, 0.5) is 0 Å². The van der Waals surface area contributed by atoms with E-state index in [0.717, 1.165) is 5.69 Å². The molecule has 0 aliphatic heterocycles. The monoisotopic (exact) mass is 396 g/mol. The summed E-state index contributed by atoms with van der Waals surface area (Å²) in [6.07, 6.45) is 3.27. The van der Waals surface area contributed by atoms with Crippen LogP contribution in [0, 0.1) is 0 Å². The van der Waals surface area contributed by atoms with E-state index in [9.17, 15) is 14.7 Å². The maximum absolute atomic E-state index is 11.8. The van der Waals surface area contributed by atoms with Gasteiger partial charge in [0.1, 0.15) is 5.75 Å². The Bertz CT molecular complexity index is 995. The van der Waals surface area contributed by atoms with Crippen molar-refractivity contribution >= 4 is 29.7 Å². The normalized spacial score (nSPS) is 10.8. The fraction of sp³-hybridized carbons (Fsp3) is 0.0500. The summed E-state index contributed by atoms with van der Waals surface area (Å²) in [5, 5.41) is 15.3. The summed E-state index contributed by atoms with van der Waals surface area (Å²) in [6, 6.07) is 16.5. The van der Waals surface area contributed by atoms with Crippen LogP contribution in [-0.2, 0) is 4.79 Å². The molecule has 2 aromatic carbocycles. The number of hydrogen-bond donors (Lipinski definition) is 1. The lowest BCUT2D eigenvalue weighted by atomic mass is 10.2. The van der Waals surface area contributed by atoms with Crippen molar-refractivity contribution in [1.29, 1.82) is 0 Å². The van der Waals surface area contributed by atoms with Gasteiger partial charge in [0.15, 0.2) is 6.61 Å². The molecule has 0 spiro atoms. The van der Waals surface area contributed by atoms with Gasteiger partial charge in [-0.15, -0.1) is 0 Å². The van der Waals surface area contributed by atoms with Crippen molar-refractivity contribution < 1.29 is 19.4 Å². The van der Waals surface area contributed by atoms with E-state index in [0.29, 0.717) is 16.5 Å². The molecule has 0 bridgehead atoms. The molecule has 0 saturated heterocycles. The molecule has 0 fully saturated rings. The van der Waals surface area contributed by atoms with Gasteiger partial charge < -0.3 is 19.2 Å². The highest BCUT2D eigenvalue weighted by atomic mass is 35.5. The van der Waals surface area contributed by atoms with Crippen molar-refractivity contribution in [3.05, 3.63) is 83.1 Å². The second kappa shape index (κ2) is 8.88. The molecule has 1 heterocycles. The molecular formula is C20H15ClN3O4-. The number of halogens is 1. The minimum atomic E-state index is -1.23. The van der Waals surface area contributed by atoms with Crippen molar-refractivity contribution in [2.45, 2.75) is 0 Å². The first-order valence-corrected chi connectivity index (χ1v) is 8.60. The molecule has 1 N–H and O–H groups in total. The molecule has 3 rings (SSSR count). The minimum absolute atomic E-state index is 0.0964. The maximum atomic E-state index is 11.8. The molecule has 142 valence electrons. The number of hydrogen-bond acceptors (Lipinski definition) is 5. The Kier molecular flexibility index (Phi) is 6.08. The van der Waals surface area contributed by atoms with Gasteiger partial charge in [0.2, 0.25) is 0 Å². The molecule has 0 aliphatic rings.